The van der Waals surface area contributed by atoms with E-state index in [4.69, 9.17) is 4.98 Å². The third-order valence-electron chi connectivity index (χ3n) is 5.42. The van der Waals surface area contributed by atoms with Crippen LogP contribution >= 0.6 is 0 Å². The zero-order chi connectivity index (χ0) is 14.4. The number of hydrogen-bond donors (Lipinski definition) is 0. The van der Waals surface area contributed by atoms with Crippen molar-refractivity contribution in [1.29, 1.82) is 5.26 Å². The van der Waals surface area contributed by atoms with E-state index in [0.717, 1.165) is 37.1 Å². The van der Waals surface area contributed by atoms with Crippen LogP contribution < -0.4 is 4.90 Å². The molecular weight excluding hydrogens is 258 g/mol. The number of nitrogens with zero attached hydrogens (tertiary/aromatic N) is 3. The molecule has 2 atom stereocenters. The summed E-state index contributed by atoms with van der Waals surface area (Å²) in [5.74, 6) is 0.973. The summed E-state index contributed by atoms with van der Waals surface area (Å²) in [6.45, 7) is 2.15. The Morgan fingerprint density at radius 2 is 2.05 bits per heavy atom. The van der Waals surface area contributed by atoms with Crippen molar-refractivity contribution in [2.75, 3.05) is 4.90 Å². The molecule has 0 radical (unpaired) electrons. The number of hydrogen-bond acceptors (Lipinski definition) is 3. The maximum absolute atomic E-state index is 9.54. The van der Waals surface area contributed by atoms with Crippen molar-refractivity contribution in [2.45, 2.75) is 64.0 Å². The highest BCUT2D eigenvalue weighted by Gasteiger charge is 2.40. The maximum Gasteiger partial charge on any atom is 0.147 e. The number of anilines is 1. The molecule has 2 unspecified atom stereocenters. The molecule has 1 aliphatic carbocycles. The summed E-state index contributed by atoms with van der Waals surface area (Å²) < 4.78 is 0. The normalized spacial score (nSPS) is 26.7. The predicted octanol–water partition coefficient (Wildman–Crippen LogP) is 3.52. The largest absolute Gasteiger partial charge is 0.349 e. The third-order valence-corrected chi connectivity index (χ3v) is 5.42. The molecule has 1 aromatic rings. The molecule has 3 aliphatic rings. The first-order chi connectivity index (χ1) is 10.3. The molecule has 4 rings (SSSR count). The molecule has 2 fully saturated rings. The fourth-order valence-electron chi connectivity index (χ4n) is 4.37. The molecule has 0 saturated carbocycles. The molecule has 2 saturated heterocycles. The molecule has 2 aliphatic heterocycles. The lowest BCUT2D eigenvalue weighted by molar-refractivity contribution is 0.542. The standard InChI is InChI=1S/C18H21N3/c1-2-12-8-15-6-7-16(9-12)21(15)18-14(11-19)10-13-4-3-5-17(13)20-18/h2,10,15-16H,3-9H2,1H3. The number of aryl methyl sites for hydroxylation is 2. The Labute approximate surface area is 126 Å². The van der Waals surface area contributed by atoms with Crippen LogP contribution in [0.2, 0.25) is 0 Å². The van der Waals surface area contributed by atoms with Crippen LogP contribution in [0.15, 0.2) is 17.7 Å². The summed E-state index contributed by atoms with van der Waals surface area (Å²) in [7, 11) is 0. The predicted molar refractivity (Wildman–Crippen MR) is 83.3 cm³/mol. The van der Waals surface area contributed by atoms with Gasteiger partial charge in [-0.15, -0.1) is 0 Å². The number of pyridine rings is 1. The number of fused-ring (bicyclic) bond motifs is 3. The Balaban J connectivity index is 1.76. The van der Waals surface area contributed by atoms with Gasteiger partial charge in [0.1, 0.15) is 11.9 Å². The lowest BCUT2D eigenvalue weighted by atomic mass is 9.96. The Bertz CT molecular complexity index is 637. The van der Waals surface area contributed by atoms with E-state index < -0.39 is 0 Å². The molecule has 108 valence electrons. The van der Waals surface area contributed by atoms with Crippen molar-refractivity contribution in [1.82, 2.24) is 4.98 Å². The average molecular weight is 279 g/mol. The molecule has 0 aromatic carbocycles. The fraction of sp³-hybridized carbons (Fsp3) is 0.556. The fourth-order valence-corrected chi connectivity index (χ4v) is 4.37. The smallest absolute Gasteiger partial charge is 0.147 e. The molecule has 3 nitrogen and oxygen atoms in total. The summed E-state index contributed by atoms with van der Waals surface area (Å²) in [6, 6.07) is 5.60. The third kappa shape index (κ3) is 1.97. The van der Waals surface area contributed by atoms with E-state index in [0.29, 0.717) is 12.1 Å². The van der Waals surface area contributed by atoms with Gasteiger partial charge in [-0.05, 0) is 63.5 Å². The SMILES string of the molecule is CC=C1CC2CCC(C1)N2c1nc2c(cc1C#N)CCC2. The van der Waals surface area contributed by atoms with Crippen LogP contribution in [-0.4, -0.2) is 17.1 Å². The first kappa shape index (κ1) is 12.9. The second-order valence-corrected chi connectivity index (χ2v) is 6.58. The van der Waals surface area contributed by atoms with Crippen LogP contribution in [0.25, 0.3) is 0 Å². The molecule has 3 heterocycles. The van der Waals surface area contributed by atoms with Gasteiger partial charge < -0.3 is 4.90 Å². The molecule has 21 heavy (non-hydrogen) atoms. The zero-order valence-electron chi connectivity index (χ0n) is 12.6. The lowest BCUT2D eigenvalue weighted by Crippen LogP contribution is -2.41. The minimum atomic E-state index is 0.550. The van der Waals surface area contributed by atoms with E-state index in [1.807, 2.05) is 0 Å². The van der Waals surface area contributed by atoms with Gasteiger partial charge in [-0.1, -0.05) is 11.6 Å². The molecular formula is C18H21N3. The van der Waals surface area contributed by atoms with Gasteiger partial charge in [-0.25, -0.2) is 4.98 Å². The highest BCUT2D eigenvalue weighted by Crippen LogP contribution is 2.42. The van der Waals surface area contributed by atoms with Crippen LogP contribution in [0.3, 0.4) is 0 Å². The quantitative estimate of drug-likeness (QED) is 0.738. The van der Waals surface area contributed by atoms with E-state index in [-0.39, 0.29) is 0 Å². The van der Waals surface area contributed by atoms with Gasteiger partial charge in [0.25, 0.3) is 0 Å². The van der Waals surface area contributed by atoms with Crippen LogP contribution in [0.1, 0.15) is 55.8 Å². The summed E-state index contributed by atoms with van der Waals surface area (Å²) in [4.78, 5) is 7.40. The zero-order valence-corrected chi connectivity index (χ0v) is 12.6. The van der Waals surface area contributed by atoms with Crippen molar-refractivity contribution in [3.63, 3.8) is 0 Å². The van der Waals surface area contributed by atoms with Crippen LogP contribution in [0.5, 0.6) is 0 Å². The molecule has 0 amide bonds. The van der Waals surface area contributed by atoms with Crippen molar-refractivity contribution in [3.05, 3.63) is 34.5 Å². The van der Waals surface area contributed by atoms with Crippen molar-refractivity contribution in [3.8, 4) is 6.07 Å². The molecule has 0 N–H and O–H groups in total. The molecule has 3 heteroatoms. The molecule has 0 spiro atoms. The van der Waals surface area contributed by atoms with E-state index in [9.17, 15) is 5.26 Å². The average Bonchev–Trinajstić information content (AvgIpc) is 3.06. The maximum atomic E-state index is 9.54. The summed E-state index contributed by atoms with van der Waals surface area (Å²) in [5, 5.41) is 9.54. The highest BCUT2D eigenvalue weighted by molar-refractivity contribution is 5.59. The molecule has 2 bridgehead atoms. The number of piperidine rings is 1. The molecule has 1 aromatic heterocycles. The van der Waals surface area contributed by atoms with E-state index >= 15 is 0 Å². The van der Waals surface area contributed by atoms with E-state index in [1.54, 1.807) is 5.57 Å². The van der Waals surface area contributed by atoms with Crippen molar-refractivity contribution < 1.29 is 0 Å². The van der Waals surface area contributed by atoms with Crippen molar-refractivity contribution in [2.24, 2.45) is 0 Å². The van der Waals surface area contributed by atoms with Gasteiger partial charge in [0.2, 0.25) is 0 Å². The van der Waals surface area contributed by atoms with Gasteiger partial charge in [-0.3, -0.25) is 0 Å². The van der Waals surface area contributed by atoms with Gasteiger partial charge >= 0.3 is 0 Å². The van der Waals surface area contributed by atoms with Gasteiger partial charge in [0, 0.05) is 17.8 Å². The number of nitriles is 1. The second-order valence-electron chi connectivity index (χ2n) is 6.58. The minimum Gasteiger partial charge on any atom is -0.349 e. The number of rotatable bonds is 1. The van der Waals surface area contributed by atoms with E-state index in [2.05, 4.69) is 30.0 Å². The summed E-state index contributed by atoms with van der Waals surface area (Å²) in [5.41, 5.74) is 4.91. The highest BCUT2D eigenvalue weighted by atomic mass is 15.3. The Hall–Kier alpha value is -1.82. The van der Waals surface area contributed by atoms with E-state index in [1.165, 1.54) is 30.5 Å². The van der Waals surface area contributed by atoms with Crippen LogP contribution in [0.4, 0.5) is 5.82 Å². The first-order valence-electron chi connectivity index (χ1n) is 8.15. The minimum absolute atomic E-state index is 0.550. The first-order valence-corrected chi connectivity index (χ1v) is 8.15. The Morgan fingerprint density at radius 1 is 1.29 bits per heavy atom. The van der Waals surface area contributed by atoms with Crippen molar-refractivity contribution >= 4 is 5.82 Å². The number of aromatic nitrogens is 1. The Kier molecular flexibility index (Phi) is 2.99. The number of allylic oxidation sites excluding steroid dienone is 1. The van der Waals surface area contributed by atoms with Gasteiger partial charge in [-0.2, -0.15) is 5.26 Å². The summed E-state index contributed by atoms with van der Waals surface area (Å²) >= 11 is 0. The van der Waals surface area contributed by atoms with Gasteiger partial charge in [0.05, 0.1) is 5.56 Å². The van der Waals surface area contributed by atoms with Crippen LogP contribution in [0, 0.1) is 11.3 Å². The topological polar surface area (TPSA) is 39.9 Å². The Morgan fingerprint density at radius 3 is 2.71 bits per heavy atom. The van der Waals surface area contributed by atoms with Gasteiger partial charge in [0.15, 0.2) is 0 Å². The lowest BCUT2D eigenvalue weighted by Gasteiger charge is -2.37. The monoisotopic (exact) mass is 279 g/mol. The van der Waals surface area contributed by atoms with Crippen LogP contribution in [-0.2, 0) is 12.8 Å². The summed E-state index contributed by atoms with van der Waals surface area (Å²) in [6.07, 6.45) is 10.4. The second kappa shape index (κ2) is 4.87.